The molecule has 162 valence electrons. The van der Waals surface area contributed by atoms with Crippen molar-refractivity contribution >= 4 is 17.5 Å². The molecule has 0 spiro atoms. The second-order valence-electron chi connectivity index (χ2n) is 8.34. The van der Waals surface area contributed by atoms with E-state index in [1.807, 2.05) is 23.3 Å². The average molecular weight is 412 g/mol. The fourth-order valence-electron chi connectivity index (χ4n) is 4.44. The molecule has 4 heterocycles. The zero-order valence-corrected chi connectivity index (χ0v) is 18.2. The lowest BCUT2D eigenvalue weighted by Gasteiger charge is -2.33. The van der Waals surface area contributed by atoms with Crippen LogP contribution in [0.3, 0.4) is 0 Å². The number of aromatic nitrogens is 4. The van der Waals surface area contributed by atoms with E-state index in [2.05, 4.69) is 44.0 Å². The Bertz CT molecular complexity index is 834. The van der Waals surface area contributed by atoms with Gasteiger partial charge in [0.05, 0.1) is 24.3 Å². The molecule has 2 saturated heterocycles. The summed E-state index contributed by atoms with van der Waals surface area (Å²) in [6.07, 6.45) is 11.2. The normalized spacial score (nSPS) is 17.9. The van der Waals surface area contributed by atoms with Crippen molar-refractivity contribution in [3.8, 4) is 0 Å². The Labute approximate surface area is 178 Å². The van der Waals surface area contributed by atoms with Crippen LogP contribution in [0, 0.1) is 12.8 Å². The Balaban J connectivity index is 1.26. The summed E-state index contributed by atoms with van der Waals surface area (Å²) in [5.74, 6) is 1.06. The van der Waals surface area contributed by atoms with Crippen molar-refractivity contribution < 1.29 is 4.79 Å². The molecule has 8 nitrogen and oxygen atoms in total. The number of carbonyl (C=O) groups excluding carboxylic acids is 1. The molecule has 2 aromatic rings. The van der Waals surface area contributed by atoms with Gasteiger partial charge in [-0.1, -0.05) is 0 Å². The average Bonchev–Trinajstić information content (AvgIpc) is 3.17. The van der Waals surface area contributed by atoms with Gasteiger partial charge in [0.15, 0.2) is 0 Å². The molecular weight excluding hydrogens is 378 g/mol. The van der Waals surface area contributed by atoms with Gasteiger partial charge in [0.2, 0.25) is 11.9 Å². The Morgan fingerprint density at radius 2 is 1.73 bits per heavy atom. The van der Waals surface area contributed by atoms with Crippen molar-refractivity contribution in [1.29, 1.82) is 0 Å². The molecule has 2 fully saturated rings. The van der Waals surface area contributed by atoms with Gasteiger partial charge in [-0.25, -0.2) is 9.97 Å². The SMILES string of the molecule is CCn1ncc(CNC(=O)C2CCN(c3cnc(N4CCCCC4)nc3)CC2)c1C. The molecule has 1 N–H and O–H groups in total. The van der Waals surface area contributed by atoms with Gasteiger partial charge in [-0.05, 0) is 46.0 Å². The first-order valence-corrected chi connectivity index (χ1v) is 11.3. The van der Waals surface area contributed by atoms with E-state index in [1.165, 1.54) is 19.3 Å². The number of rotatable bonds is 6. The van der Waals surface area contributed by atoms with Crippen molar-refractivity contribution in [2.45, 2.75) is 59.0 Å². The van der Waals surface area contributed by atoms with Crippen LogP contribution >= 0.6 is 0 Å². The Morgan fingerprint density at radius 1 is 1.03 bits per heavy atom. The molecule has 2 aromatic heterocycles. The first-order chi connectivity index (χ1) is 14.7. The van der Waals surface area contributed by atoms with Crippen LogP contribution < -0.4 is 15.1 Å². The molecule has 0 atom stereocenters. The third-order valence-corrected chi connectivity index (χ3v) is 6.45. The van der Waals surface area contributed by atoms with E-state index in [0.29, 0.717) is 6.54 Å². The summed E-state index contributed by atoms with van der Waals surface area (Å²) in [6, 6.07) is 0. The summed E-state index contributed by atoms with van der Waals surface area (Å²) in [7, 11) is 0. The van der Waals surface area contributed by atoms with Crippen molar-refractivity contribution in [2.75, 3.05) is 36.0 Å². The number of hydrogen-bond donors (Lipinski definition) is 1. The number of piperidine rings is 2. The monoisotopic (exact) mass is 411 g/mol. The predicted octanol–water partition coefficient (Wildman–Crippen LogP) is 2.52. The van der Waals surface area contributed by atoms with Gasteiger partial charge in [0.25, 0.3) is 0 Å². The lowest BCUT2D eigenvalue weighted by atomic mass is 9.95. The highest BCUT2D eigenvalue weighted by Crippen LogP contribution is 2.24. The number of hydrogen-bond acceptors (Lipinski definition) is 6. The van der Waals surface area contributed by atoms with Crippen molar-refractivity contribution in [3.05, 3.63) is 29.8 Å². The molecule has 0 saturated carbocycles. The van der Waals surface area contributed by atoms with E-state index in [9.17, 15) is 4.79 Å². The van der Waals surface area contributed by atoms with Gasteiger partial charge < -0.3 is 15.1 Å². The number of amides is 1. The quantitative estimate of drug-likeness (QED) is 0.787. The van der Waals surface area contributed by atoms with Crippen LogP contribution in [0.5, 0.6) is 0 Å². The minimum atomic E-state index is 0.0660. The lowest BCUT2D eigenvalue weighted by Crippen LogP contribution is -2.40. The molecular formula is C22H33N7O. The maximum atomic E-state index is 12.6. The van der Waals surface area contributed by atoms with Gasteiger partial charge in [0, 0.05) is 56.4 Å². The summed E-state index contributed by atoms with van der Waals surface area (Å²) in [5, 5.41) is 7.45. The molecule has 2 aliphatic rings. The fraction of sp³-hybridized carbons (Fsp3) is 0.636. The molecule has 0 radical (unpaired) electrons. The molecule has 0 unspecified atom stereocenters. The van der Waals surface area contributed by atoms with Crippen molar-refractivity contribution in [3.63, 3.8) is 0 Å². The zero-order valence-electron chi connectivity index (χ0n) is 18.2. The minimum Gasteiger partial charge on any atom is -0.369 e. The third-order valence-electron chi connectivity index (χ3n) is 6.45. The van der Waals surface area contributed by atoms with Crippen LogP contribution in [0.25, 0.3) is 0 Å². The number of nitrogens with one attached hydrogen (secondary N) is 1. The van der Waals surface area contributed by atoms with Gasteiger partial charge in [-0.2, -0.15) is 5.10 Å². The second kappa shape index (κ2) is 9.45. The summed E-state index contributed by atoms with van der Waals surface area (Å²) in [5.41, 5.74) is 3.27. The Hall–Kier alpha value is -2.64. The van der Waals surface area contributed by atoms with Gasteiger partial charge in [0.1, 0.15) is 0 Å². The molecule has 0 aliphatic carbocycles. The topological polar surface area (TPSA) is 79.2 Å². The van der Waals surface area contributed by atoms with Crippen LogP contribution in [0.2, 0.25) is 0 Å². The van der Waals surface area contributed by atoms with Crippen molar-refractivity contribution in [2.24, 2.45) is 5.92 Å². The zero-order chi connectivity index (χ0) is 20.9. The third kappa shape index (κ3) is 4.57. The fourth-order valence-corrected chi connectivity index (χ4v) is 4.44. The van der Waals surface area contributed by atoms with E-state index < -0.39 is 0 Å². The number of aryl methyl sites for hydroxylation is 1. The number of carbonyl (C=O) groups is 1. The van der Waals surface area contributed by atoms with Gasteiger partial charge in [-0.3, -0.25) is 9.48 Å². The summed E-state index contributed by atoms with van der Waals surface area (Å²) in [6.45, 7) is 9.35. The van der Waals surface area contributed by atoms with E-state index in [0.717, 1.165) is 68.5 Å². The Kier molecular flexibility index (Phi) is 6.50. The minimum absolute atomic E-state index is 0.0660. The van der Waals surface area contributed by atoms with Crippen LogP contribution in [0.15, 0.2) is 18.6 Å². The van der Waals surface area contributed by atoms with Gasteiger partial charge in [-0.15, -0.1) is 0 Å². The standard InChI is InChI=1S/C22H33N7O/c1-3-29-17(2)19(14-26-29)13-23-21(30)18-7-11-27(12-8-18)20-15-24-22(25-16-20)28-9-5-4-6-10-28/h14-16,18H,3-13H2,1-2H3,(H,23,30). The molecule has 2 aliphatic heterocycles. The molecule has 1 amide bonds. The second-order valence-corrected chi connectivity index (χ2v) is 8.34. The first-order valence-electron chi connectivity index (χ1n) is 11.3. The van der Waals surface area contributed by atoms with E-state index in [-0.39, 0.29) is 11.8 Å². The summed E-state index contributed by atoms with van der Waals surface area (Å²) in [4.78, 5) is 26.4. The number of nitrogens with zero attached hydrogens (tertiary/aromatic N) is 6. The molecule has 0 bridgehead atoms. The Morgan fingerprint density at radius 3 is 2.37 bits per heavy atom. The smallest absolute Gasteiger partial charge is 0.225 e. The van der Waals surface area contributed by atoms with E-state index in [4.69, 9.17) is 0 Å². The number of anilines is 2. The molecule has 30 heavy (non-hydrogen) atoms. The summed E-state index contributed by atoms with van der Waals surface area (Å²) >= 11 is 0. The van der Waals surface area contributed by atoms with Crippen LogP contribution in [-0.4, -0.2) is 51.8 Å². The van der Waals surface area contributed by atoms with Crippen LogP contribution in [0.1, 0.15) is 50.3 Å². The highest BCUT2D eigenvalue weighted by Gasteiger charge is 2.25. The lowest BCUT2D eigenvalue weighted by molar-refractivity contribution is -0.125. The first kappa shape index (κ1) is 20.6. The maximum Gasteiger partial charge on any atom is 0.225 e. The molecule has 4 rings (SSSR count). The highest BCUT2D eigenvalue weighted by molar-refractivity contribution is 5.79. The van der Waals surface area contributed by atoms with Crippen LogP contribution in [-0.2, 0) is 17.9 Å². The molecule has 8 heteroatoms. The predicted molar refractivity (Wildman–Crippen MR) is 118 cm³/mol. The van der Waals surface area contributed by atoms with Crippen LogP contribution in [0.4, 0.5) is 11.6 Å². The highest BCUT2D eigenvalue weighted by atomic mass is 16.1. The molecule has 0 aromatic carbocycles. The van der Waals surface area contributed by atoms with E-state index >= 15 is 0 Å². The largest absolute Gasteiger partial charge is 0.369 e. The summed E-state index contributed by atoms with van der Waals surface area (Å²) < 4.78 is 1.96. The van der Waals surface area contributed by atoms with Gasteiger partial charge >= 0.3 is 0 Å². The maximum absolute atomic E-state index is 12.6. The van der Waals surface area contributed by atoms with Crippen molar-refractivity contribution in [1.82, 2.24) is 25.1 Å². The van der Waals surface area contributed by atoms with E-state index in [1.54, 1.807) is 0 Å².